The standard InChI is InChI=1S/C29H32F5N3O4/c1-17-15-36(8-9-37(17)25-5-4-21(30)13-24(25)26(38)39)23-6-7-28(41-16-23,19-2-3-19)27(40)35-14-18-10-20(29(32,33)34)12-22(31)11-18/h4-5,10-13,17,19,23H,2-3,6-9,14-16H2,1H3,(H,35,40)(H,38,39)/t17-,23?,28-/m0/s1. The number of piperazine rings is 1. The Morgan fingerprint density at radius 2 is 1.83 bits per heavy atom. The fraction of sp³-hybridized carbons (Fsp3) is 0.517. The number of carbonyl (C=O) groups excluding carboxylic acids is 1. The summed E-state index contributed by atoms with van der Waals surface area (Å²) in [5.41, 5.74) is -1.78. The number of nitrogens with zero attached hydrogens (tertiary/aromatic N) is 2. The van der Waals surface area contributed by atoms with Crippen molar-refractivity contribution < 1.29 is 41.4 Å². The van der Waals surface area contributed by atoms with Crippen LogP contribution in [0.1, 0.15) is 54.1 Å². The van der Waals surface area contributed by atoms with Gasteiger partial charge >= 0.3 is 12.1 Å². The molecule has 1 amide bonds. The first-order valence-corrected chi connectivity index (χ1v) is 13.7. The van der Waals surface area contributed by atoms with E-state index >= 15 is 0 Å². The Labute approximate surface area is 234 Å². The summed E-state index contributed by atoms with van der Waals surface area (Å²) >= 11 is 0. The molecule has 0 radical (unpaired) electrons. The molecular formula is C29H32F5N3O4. The Kier molecular flexibility index (Phi) is 7.99. The Morgan fingerprint density at radius 3 is 2.44 bits per heavy atom. The minimum absolute atomic E-state index is 0.0179. The number of hydrogen-bond acceptors (Lipinski definition) is 5. The predicted molar refractivity (Wildman–Crippen MR) is 139 cm³/mol. The normalized spacial score (nSPS) is 25.7. The fourth-order valence-electron chi connectivity index (χ4n) is 6.16. The highest BCUT2D eigenvalue weighted by atomic mass is 19.4. The molecular weight excluding hydrogens is 549 g/mol. The van der Waals surface area contributed by atoms with E-state index in [4.69, 9.17) is 4.74 Å². The molecule has 2 aliphatic heterocycles. The lowest BCUT2D eigenvalue weighted by molar-refractivity contribution is -0.165. The summed E-state index contributed by atoms with van der Waals surface area (Å²) in [6, 6.07) is 5.97. The van der Waals surface area contributed by atoms with Crippen LogP contribution in [0.15, 0.2) is 36.4 Å². The smallest absolute Gasteiger partial charge is 0.416 e. The molecule has 2 aromatic carbocycles. The SMILES string of the molecule is C[C@H]1CN(C2CC[C@@](C(=O)NCc3cc(F)cc(C(F)(F)F)c3)(C3CC3)OC2)CCN1c1ccc(F)cc1C(=O)O. The van der Waals surface area contributed by atoms with Crippen LogP contribution in [0.2, 0.25) is 0 Å². The van der Waals surface area contributed by atoms with Crippen LogP contribution >= 0.6 is 0 Å². The zero-order chi connectivity index (χ0) is 29.5. The van der Waals surface area contributed by atoms with E-state index in [0.717, 1.165) is 31.0 Å². The number of carboxylic acids is 1. The monoisotopic (exact) mass is 581 g/mol. The number of anilines is 1. The van der Waals surface area contributed by atoms with Crippen molar-refractivity contribution in [3.05, 3.63) is 64.7 Å². The number of halogens is 5. The van der Waals surface area contributed by atoms with Crippen LogP contribution in [0.3, 0.4) is 0 Å². The van der Waals surface area contributed by atoms with Crippen LogP contribution in [0.5, 0.6) is 0 Å². The summed E-state index contributed by atoms with van der Waals surface area (Å²) in [6.07, 6.45) is -1.95. The Hall–Kier alpha value is -3.25. The molecule has 3 fully saturated rings. The van der Waals surface area contributed by atoms with Crippen molar-refractivity contribution in [2.45, 2.75) is 63.0 Å². The van der Waals surface area contributed by atoms with Crippen molar-refractivity contribution in [1.29, 1.82) is 0 Å². The van der Waals surface area contributed by atoms with E-state index in [-0.39, 0.29) is 35.7 Å². The van der Waals surface area contributed by atoms with Crippen molar-refractivity contribution in [1.82, 2.24) is 10.2 Å². The van der Waals surface area contributed by atoms with Crippen LogP contribution in [0.4, 0.5) is 27.6 Å². The first-order valence-electron chi connectivity index (χ1n) is 13.7. The maximum absolute atomic E-state index is 13.8. The maximum Gasteiger partial charge on any atom is 0.416 e. The molecule has 0 spiro atoms. The summed E-state index contributed by atoms with van der Waals surface area (Å²) < 4.78 is 73.0. The molecule has 1 aliphatic carbocycles. The van der Waals surface area contributed by atoms with Crippen molar-refractivity contribution in [3.63, 3.8) is 0 Å². The molecule has 2 heterocycles. The van der Waals surface area contributed by atoms with Gasteiger partial charge in [0.05, 0.1) is 23.4 Å². The molecule has 41 heavy (non-hydrogen) atoms. The van der Waals surface area contributed by atoms with Gasteiger partial charge in [-0.25, -0.2) is 13.6 Å². The van der Waals surface area contributed by atoms with E-state index < -0.39 is 40.9 Å². The van der Waals surface area contributed by atoms with Gasteiger partial charge in [-0.2, -0.15) is 13.2 Å². The first kappa shape index (κ1) is 29.2. The van der Waals surface area contributed by atoms with Crippen LogP contribution < -0.4 is 10.2 Å². The van der Waals surface area contributed by atoms with Crippen molar-refractivity contribution >= 4 is 17.6 Å². The molecule has 1 unspecified atom stereocenters. The third-order valence-corrected chi connectivity index (χ3v) is 8.42. The highest BCUT2D eigenvalue weighted by molar-refractivity contribution is 5.94. The lowest BCUT2D eigenvalue weighted by atomic mass is 9.85. The fourth-order valence-corrected chi connectivity index (χ4v) is 6.16. The number of amides is 1. The van der Waals surface area contributed by atoms with E-state index in [0.29, 0.717) is 50.8 Å². The van der Waals surface area contributed by atoms with Crippen LogP contribution in [0, 0.1) is 17.6 Å². The van der Waals surface area contributed by atoms with Gasteiger partial charge in [-0.3, -0.25) is 9.69 Å². The third-order valence-electron chi connectivity index (χ3n) is 8.42. The van der Waals surface area contributed by atoms with E-state index in [9.17, 15) is 36.6 Å². The van der Waals surface area contributed by atoms with Crippen molar-refractivity contribution in [2.75, 3.05) is 31.1 Å². The molecule has 0 bridgehead atoms. The second-order valence-electron chi connectivity index (χ2n) is 11.2. The van der Waals surface area contributed by atoms with Gasteiger partial charge in [0.15, 0.2) is 0 Å². The Balaban J connectivity index is 1.20. The van der Waals surface area contributed by atoms with Crippen molar-refractivity contribution in [2.24, 2.45) is 5.92 Å². The number of aromatic carboxylic acids is 1. The summed E-state index contributed by atoms with van der Waals surface area (Å²) in [4.78, 5) is 29.2. The molecule has 3 atom stereocenters. The van der Waals surface area contributed by atoms with Gasteiger partial charge in [-0.1, -0.05) is 0 Å². The van der Waals surface area contributed by atoms with Gasteiger partial charge in [0, 0.05) is 38.3 Å². The summed E-state index contributed by atoms with van der Waals surface area (Å²) in [5.74, 6) is -3.20. The minimum atomic E-state index is -4.70. The minimum Gasteiger partial charge on any atom is -0.478 e. The predicted octanol–water partition coefficient (Wildman–Crippen LogP) is 4.84. The van der Waals surface area contributed by atoms with Crippen LogP contribution in [-0.4, -0.2) is 65.8 Å². The molecule has 2 saturated heterocycles. The number of rotatable bonds is 7. The van der Waals surface area contributed by atoms with Crippen LogP contribution in [0.25, 0.3) is 0 Å². The molecule has 3 aliphatic rings. The van der Waals surface area contributed by atoms with E-state index in [1.54, 1.807) is 0 Å². The van der Waals surface area contributed by atoms with E-state index in [2.05, 4.69) is 10.2 Å². The molecule has 5 rings (SSSR count). The highest BCUT2D eigenvalue weighted by Gasteiger charge is 2.54. The van der Waals surface area contributed by atoms with Crippen LogP contribution in [-0.2, 0) is 22.3 Å². The van der Waals surface area contributed by atoms with E-state index in [1.807, 2.05) is 11.8 Å². The molecule has 7 nitrogen and oxygen atoms in total. The number of benzene rings is 2. The average molecular weight is 582 g/mol. The first-order chi connectivity index (χ1) is 19.4. The van der Waals surface area contributed by atoms with Gasteiger partial charge in [0.1, 0.15) is 17.2 Å². The number of nitrogens with one attached hydrogen (secondary N) is 1. The van der Waals surface area contributed by atoms with Gasteiger partial charge in [-0.05, 0) is 80.5 Å². The van der Waals surface area contributed by atoms with E-state index in [1.165, 1.54) is 12.1 Å². The summed E-state index contributed by atoms with van der Waals surface area (Å²) in [6.45, 7) is 3.80. The lowest BCUT2D eigenvalue weighted by Gasteiger charge is -2.48. The third kappa shape index (κ3) is 6.18. The zero-order valence-electron chi connectivity index (χ0n) is 22.5. The maximum atomic E-state index is 13.8. The average Bonchev–Trinajstić information content (AvgIpc) is 3.77. The largest absolute Gasteiger partial charge is 0.478 e. The molecule has 222 valence electrons. The van der Waals surface area contributed by atoms with Gasteiger partial charge in [0.2, 0.25) is 0 Å². The Morgan fingerprint density at radius 1 is 1.07 bits per heavy atom. The number of carboxylic acid groups (broad SMARTS) is 1. The molecule has 2 aromatic rings. The molecule has 0 aromatic heterocycles. The number of alkyl halides is 3. The molecule has 1 saturated carbocycles. The lowest BCUT2D eigenvalue weighted by Crippen LogP contribution is -2.60. The number of ether oxygens (including phenoxy) is 1. The second-order valence-corrected chi connectivity index (χ2v) is 11.2. The molecule has 2 N–H and O–H groups in total. The number of hydrogen-bond donors (Lipinski definition) is 2. The second kappa shape index (κ2) is 11.2. The number of carbonyl (C=O) groups is 2. The summed E-state index contributed by atoms with van der Waals surface area (Å²) in [7, 11) is 0. The van der Waals surface area contributed by atoms with Gasteiger partial charge in [-0.15, -0.1) is 0 Å². The topological polar surface area (TPSA) is 82.1 Å². The van der Waals surface area contributed by atoms with Gasteiger partial charge in [0.25, 0.3) is 5.91 Å². The van der Waals surface area contributed by atoms with Crippen molar-refractivity contribution in [3.8, 4) is 0 Å². The summed E-state index contributed by atoms with van der Waals surface area (Å²) in [5, 5.41) is 12.2. The Bertz CT molecular complexity index is 1310. The molecule has 12 heteroatoms. The highest BCUT2D eigenvalue weighted by Crippen LogP contribution is 2.47. The van der Waals surface area contributed by atoms with Gasteiger partial charge < -0.3 is 20.1 Å². The zero-order valence-corrected chi connectivity index (χ0v) is 22.5. The quantitative estimate of drug-likeness (QED) is 0.456.